The number of amides is 1. The molecule has 0 spiro atoms. The Labute approximate surface area is 167 Å². The largest absolute Gasteiger partial charge is 0.340 e. The van der Waals surface area contributed by atoms with Gasteiger partial charge in [0.05, 0.1) is 22.4 Å². The average Bonchev–Trinajstić information content (AvgIpc) is 3.07. The number of piperazine rings is 1. The number of nitrogens with zero attached hydrogens (tertiary/aromatic N) is 3. The van der Waals surface area contributed by atoms with Crippen LogP contribution in [0.4, 0.5) is 0 Å². The smallest absolute Gasteiger partial charge is 0.328 e. The average molecular weight is 420 g/mol. The van der Waals surface area contributed by atoms with Crippen molar-refractivity contribution in [2.24, 2.45) is 0 Å². The first-order valence-corrected chi connectivity index (χ1v) is 11.6. The first-order chi connectivity index (χ1) is 13.8. The highest BCUT2D eigenvalue weighted by atomic mass is 32.2. The van der Waals surface area contributed by atoms with Crippen molar-refractivity contribution in [2.75, 3.05) is 37.7 Å². The van der Waals surface area contributed by atoms with Gasteiger partial charge in [-0.2, -0.15) is 0 Å². The number of fused-ring (bicyclic) bond motifs is 1. The van der Waals surface area contributed by atoms with Crippen LogP contribution in [0.15, 0.2) is 33.9 Å². The number of rotatable bonds is 4. The van der Waals surface area contributed by atoms with E-state index in [9.17, 15) is 22.8 Å². The molecule has 0 saturated carbocycles. The minimum absolute atomic E-state index is 0.0267. The summed E-state index contributed by atoms with van der Waals surface area (Å²) in [5.41, 5.74) is -0.437. The molecule has 29 heavy (non-hydrogen) atoms. The fourth-order valence-electron chi connectivity index (χ4n) is 4.17. The lowest BCUT2D eigenvalue weighted by molar-refractivity contribution is -0.133. The molecule has 0 radical (unpaired) electrons. The van der Waals surface area contributed by atoms with Gasteiger partial charge in [0.2, 0.25) is 5.91 Å². The number of benzene rings is 1. The molecule has 1 amide bonds. The lowest BCUT2D eigenvalue weighted by Crippen LogP contribution is -2.52. The fraction of sp³-hybridized carbons (Fsp3) is 0.526. The van der Waals surface area contributed by atoms with E-state index < -0.39 is 21.1 Å². The van der Waals surface area contributed by atoms with Gasteiger partial charge in [-0.15, -0.1) is 0 Å². The van der Waals surface area contributed by atoms with Crippen molar-refractivity contribution in [1.29, 1.82) is 0 Å². The summed E-state index contributed by atoms with van der Waals surface area (Å²) in [4.78, 5) is 43.9. The molecule has 1 aromatic heterocycles. The van der Waals surface area contributed by atoms with Crippen molar-refractivity contribution in [3.63, 3.8) is 0 Å². The maximum Gasteiger partial charge on any atom is 0.328 e. The van der Waals surface area contributed by atoms with Crippen molar-refractivity contribution in [1.82, 2.24) is 19.4 Å². The zero-order valence-corrected chi connectivity index (χ0v) is 16.9. The van der Waals surface area contributed by atoms with Crippen LogP contribution >= 0.6 is 0 Å². The lowest BCUT2D eigenvalue weighted by Gasteiger charge is -2.37. The standard InChI is InChI=1S/C19H24N4O5S/c24-17(22-10-8-21(9-11-22)14-6-12-29(27,28)13-14)5-7-23-18(25)15-3-1-2-4-16(15)20-19(23)26/h1-4,14H,5-13H2,(H,20,26)/t14-/m1/s1. The minimum Gasteiger partial charge on any atom is -0.340 e. The monoisotopic (exact) mass is 420 g/mol. The number of H-pyrrole nitrogens is 1. The van der Waals surface area contributed by atoms with Crippen LogP contribution < -0.4 is 11.2 Å². The van der Waals surface area contributed by atoms with Crippen LogP contribution in [0.3, 0.4) is 0 Å². The Kier molecular flexibility index (Phi) is 5.30. The number of nitrogens with one attached hydrogen (secondary N) is 1. The van der Waals surface area contributed by atoms with E-state index in [0.29, 0.717) is 43.5 Å². The van der Waals surface area contributed by atoms with E-state index >= 15 is 0 Å². The van der Waals surface area contributed by atoms with Crippen LogP contribution in [-0.4, -0.2) is 77.4 Å². The van der Waals surface area contributed by atoms with Crippen LogP contribution in [-0.2, 0) is 21.2 Å². The third-order valence-electron chi connectivity index (χ3n) is 5.83. The summed E-state index contributed by atoms with van der Waals surface area (Å²) in [7, 11) is -2.92. The molecule has 156 valence electrons. The molecule has 1 N–H and O–H groups in total. The second-order valence-corrected chi connectivity index (χ2v) is 9.88. The zero-order chi connectivity index (χ0) is 20.6. The van der Waals surface area contributed by atoms with E-state index in [1.807, 2.05) is 0 Å². The summed E-state index contributed by atoms with van der Waals surface area (Å²) in [6.07, 6.45) is 0.725. The second kappa shape index (κ2) is 7.75. The molecule has 0 aliphatic carbocycles. The Morgan fingerprint density at radius 3 is 2.52 bits per heavy atom. The van der Waals surface area contributed by atoms with Crippen LogP contribution in [0.5, 0.6) is 0 Å². The van der Waals surface area contributed by atoms with Crippen molar-refractivity contribution in [3.05, 3.63) is 45.1 Å². The highest BCUT2D eigenvalue weighted by Gasteiger charge is 2.34. The summed E-state index contributed by atoms with van der Waals surface area (Å²) in [5, 5.41) is 0.416. The van der Waals surface area contributed by atoms with Crippen LogP contribution in [0.25, 0.3) is 10.9 Å². The lowest BCUT2D eigenvalue weighted by atomic mass is 10.2. The first-order valence-electron chi connectivity index (χ1n) is 9.78. The molecular weight excluding hydrogens is 396 g/mol. The SMILES string of the molecule is O=C(CCn1c(=O)[nH]c2ccccc2c1=O)N1CCN([C@@H]2CCS(=O)(=O)C2)CC1. The molecule has 4 rings (SSSR count). The molecule has 2 aromatic rings. The molecule has 0 bridgehead atoms. The van der Waals surface area contributed by atoms with Gasteiger partial charge in [-0.1, -0.05) is 12.1 Å². The molecule has 2 aliphatic heterocycles. The molecule has 2 fully saturated rings. The van der Waals surface area contributed by atoms with Crippen molar-refractivity contribution < 1.29 is 13.2 Å². The number of carbonyl (C=O) groups excluding carboxylic acids is 1. The van der Waals surface area contributed by atoms with Gasteiger partial charge in [-0.25, -0.2) is 13.2 Å². The third-order valence-corrected chi connectivity index (χ3v) is 7.58. The van der Waals surface area contributed by atoms with Gasteiger partial charge >= 0.3 is 5.69 Å². The highest BCUT2D eigenvalue weighted by Crippen LogP contribution is 2.19. The van der Waals surface area contributed by atoms with E-state index in [-0.39, 0.29) is 36.4 Å². The predicted octanol–water partition coefficient (Wildman–Crippen LogP) is -0.589. The molecule has 2 aliphatic rings. The molecular formula is C19H24N4O5S. The Morgan fingerprint density at radius 1 is 1.10 bits per heavy atom. The Hall–Kier alpha value is -2.46. The third kappa shape index (κ3) is 4.13. The zero-order valence-electron chi connectivity index (χ0n) is 16.0. The molecule has 9 nitrogen and oxygen atoms in total. The molecule has 1 aromatic carbocycles. The number of hydrogen-bond acceptors (Lipinski definition) is 6. The summed E-state index contributed by atoms with van der Waals surface area (Å²) in [5.74, 6) is 0.337. The van der Waals surface area contributed by atoms with Gasteiger partial charge in [0.1, 0.15) is 0 Å². The van der Waals surface area contributed by atoms with Gasteiger partial charge < -0.3 is 9.88 Å². The number of sulfone groups is 1. The van der Waals surface area contributed by atoms with Crippen LogP contribution in [0, 0.1) is 0 Å². The highest BCUT2D eigenvalue weighted by molar-refractivity contribution is 7.91. The normalized spacial score (nSPS) is 22.2. The summed E-state index contributed by atoms with van der Waals surface area (Å²) >= 11 is 0. The number of aromatic nitrogens is 2. The van der Waals surface area contributed by atoms with Gasteiger partial charge in [-0.05, 0) is 18.6 Å². The Balaban J connectivity index is 1.36. The van der Waals surface area contributed by atoms with Gasteiger partial charge in [-0.3, -0.25) is 19.1 Å². The van der Waals surface area contributed by atoms with E-state index in [2.05, 4.69) is 9.88 Å². The quantitative estimate of drug-likeness (QED) is 0.708. The number of carbonyl (C=O) groups is 1. The first kappa shape index (κ1) is 19.8. The molecule has 3 heterocycles. The van der Waals surface area contributed by atoms with Crippen molar-refractivity contribution in [3.8, 4) is 0 Å². The maximum atomic E-state index is 12.6. The van der Waals surface area contributed by atoms with E-state index in [0.717, 1.165) is 4.57 Å². The summed E-state index contributed by atoms with van der Waals surface area (Å²) < 4.78 is 24.4. The van der Waals surface area contributed by atoms with Crippen LogP contribution in [0.2, 0.25) is 0 Å². The predicted molar refractivity (Wildman–Crippen MR) is 109 cm³/mol. The van der Waals surface area contributed by atoms with E-state index in [4.69, 9.17) is 0 Å². The van der Waals surface area contributed by atoms with Gasteiger partial charge in [0.15, 0.2) is 9.84 Å². The fourth-order valence-corrected chi connectivity index (χ4v) is 5.93. The number of para-hydroxylation sites is 1. The van der Waals surface area contributed by atoms with Crippen molar-refractivity contribution >= 4 is 26.6 Å². The van der Waals surface area contributed by atoms with E-state index in [1.165, 1.54) is 0 Å². The molecule has 1 atom stereocenters. The maximum absolute atomic E-state index is 12.6. The Bertz CT molecular complexity index is 1150. The second-order valence-electron chi connectivity index (χ2n) is 7.66. The summed E-state index contributed by atoms with van der Waals surface area (Å²) in [6.45, 7) is 2.36. The number of hydrogen-bond donors (Lipinski definition) is 1. The van der Waals surface area contributed by atoms with Crippen LogP contribution in [0.1, 0.15) is 12.8 Å². The minimum atomic E-state index is -2.92. The van der Waals surface area contributed by atoms with Crippen molar-refractivity contribution in [2.45, 2.75) is 25.4 Å². The number of aromatic amines is 1. The Morgan fingerprint density at radius 2 is 1.83 bits per heavy atom. The van der Waals surface area contributed by atoms with Gasteiger partial charge in [0.25, 0.3) is 5.56 Å². The molecule has 10 heteroatoms. The van der Waals surface area contributed by atoms with Gasteiger partial charge in [0, 0.05) is 45.2 Å². The topological polar surface area (TPSA) is 113 Å². The van der Waals surface area contributed by atoms with E-state index in [1.54, 1.807) is 29.2 Å². The molecule has 0 unspecified atom stereocenters. The molecule has 2 saturated heterocycles. The summed E-state index contributed by atoms with van der Waals surface area (Å²) in [6, 6.07) is 6.84.